The Morgan fingerprint density at radius 3 is 2.79 bits per heavy atom. The third-order valence-electron chi connectivity index (χ3n) is 3.08. The molecule has 0 unspecified atom stereocenters. The fourth-order valence-corrected chi connectivity index (χ4v) is 2.22. The highest BCUT2D eigenvalue weighted by Gasteiger charge is 2.37. The summed E-state index contributed by atoms with van der Waals surface area (Å²) in [6.45, 7) is 4.45. The Kier molecular flexibility index (Phi) is 4.22. The third kappa shape index (κ3) is 2.96. The maximum absolute atomic E-state index is 12.2. The van der Waals surface area contributed by atoms with E-state index in [4.69, 9.17) is 11.6 Å². The Balaban J connectivity index is 2.07. The number of hydrogen-bond acceptors (Lipinski definition) is 2. The van der Waals surface area contributed by atoms with Gasteiger partial charge in [0.15, 0.2) is 0 Å². The highest BCUT2D eigenvalue weighted by molar-refractivity contribution is 6.30. The monoisotopic (exact) mass is 278 g/mol. The molecular weight excluding hydrogens is 264 g/mol. The smallest absolute Gasteiger partial charge is 0.239 e. The summed E-state index contributed by atoms with van der Waals surface area (Å²) in [5.74, 6) is -0.999. The lowest BCUT2D eigenvalue weighted by Crippen LogP contribution is -2.36. The zero-order valence-corrected chi connectivity index (χ0v) is 11.2. The van der Waals surface area contributed by atoms with Gasteiger partial charge in [-0.25, -0.2) is 0 Å². The van der Waals surface area contributed by atoms with Gasteiger partial charge in [0.05, 0.1) is 0 Å². The molecule has 0 saturated carbocycles. The minimum atomic E-state index is -0.601. The molecule has 0 aliphatic carbocycles. The van der Waals surface area contributed by atoms with Crippen LogP contribution in [0.1, 0.15) is 6.42 Å². The van der Waals surface area contributed by atoms with Gasteiger partial charge in [-0.3, -0.25) is 9.59 Å². The van der Waals surface area contributed by atoms with Gasteiger partial charge in [-0.1, -0.05) is 17.7 Å². The molecule has 0 radical (unpaired) electrons. The van der Waals surface area contributed by atoms with Crippen LogP contribution in [0, 0.1) is 5.92 Å². The summed E-state index contributed by atoms with van der Waals surface area (Å²) in [5, 5.41) is 3.28. The second-order valence-corrected chi connectivity index (χ2v) is 4.78. The van der Waals surface area contributed by atoms with E-state index < -0.39 is 5.92 Å². The summed E-state index contributed by atoms with van der Waals surface area (Å²) in [6.07, 6.45) is 2.12. The predicted molar refractivity (Wildman–Crippen MR) is 75.1 cm³/mol. The molecule has 1 aromatic carbocycles. The highest BCUT2D eigenvalue weighted by Crippen LogP contribution is 2.26. The van der Waals surface area contributed by atoms with Crippen LogP contribution in [0.2, 0.25) is 5.02 Å². The third-order valence-corrected chi connectivity index (χ3v) is 3.33. The quantitative estimate of drug-likeness (QED) is 0.676. The molecule has 0 spiro atoms. The number of anilines is 1. The normalized spacial score (nSPS) is 18.5. The molecule has 1 atom stereocenters. The van der Waals surface area contributed by atoms with Gasteiger partial charge in [0.1, 0.15) is 5.92 Å². The van der Waals surface area contributed by atoms with Gasteiger partial charge in [0, 0.05) is 23.8 Å². The number of nitrogens with zero attached hydrogens (tertiary/aromatic N) is 1. The van der Waals surface area contributed by atoms with Gasteiger partial charge < -0.3 is 10.2 Å². The van der Waals surface area contributed by atoms with Crippen LogP contribution in [-0.2, 0) is 9.59 Å². The highest BCUT2D eigenvalue weighted by atomic mass is 35.5. The predicted octanol–water partition coefficient (Wildman–Crippen LogP) is 2.00. The largest absolute Gasteiger partial charge is 0.352 e. The lowest BCUT2D eigenvalue weighted by atomic mass is 10.1. The number of benzene rings is 1. The number of halogens is 1. The van der Waals surface area contributed by atoms with E-state index in [9.17, 15) is 9.59 Å². The maximum atomic E-state index is 12.2. The second-order valence-electron chi connectivity index (χ2n) is 4.34. The first-order valence-corrected chi connectivity index (χ1v) is 6.47. The Morgan fingerprint density at radius 2 is 2.16 bits per heavy atom. The molecule has 1 aromatic rings. The van der Waals surface area contributed by atoms with Crippen LogP contribution in [0.15, 0.2) is 36.9 Å². The topological polar surface area (TPSA) is 49.4 Å². The fourth-order valence-electron chi connectivity index (χ4n) is 2.10. The van der Waals surface area contributed by atoms with Gasteiger partial charge in [-0.2, -0.15) is 0 Å². The number of rotatable bonds is 4. The first-order chi connectivity index (χ1) is 9.13. The molecule has 0 aromatic heterocycles. The van der Waals surface area contributed by atoms with Crippen LogP contribution in [0.25, 0.3) is 0 Å². The van der Waals surface area contributed by atoms with E-state index >= 15 is 0 Å². The molecule has 1 N–H and O–H groups in total. The molecule has 100 valence electrons. The number of hydrogen-bond donors (Lipinski definition) is 1. The number of carbonyl (C=O) groups excluding carboxylic acids is 2. The van der Waals surface area contributed by atoms with Crippen molar-refractivity contribution in [1.82, 2.24) is 5.32 Å². The second kappa shape index (κ2) is 5.89. The summed E-state index contributed by atoms with van der Waals surface area (Å²) >= 11 is 5.81. The van der Waals surface area contributed by atoms with Gasteiger partial charge in [-0.15, -0.1) is 6.58 Å². The van der Waals surface area contributed by atoms with Crippen LogP contribution in [0.5, 0.6) is 0 Å². The molecule has 19 heavy (non-hydrogen) atoms. The molecular formula is C14H15ClN2O2. The molecule has 1 aliphatic heterocycles. The van der Waals surface area contributed by atoms with Gasteiger partial charge >= 0.3 is 0 Å². The minimum absolute atomic E-state index is 0.163. The molecule has 2 rings (SSSR count). The molecule has 2 amide bonds. The lowest BCUT2D eigenvalue weighted by Gasteiger charge is -2.16. The average Bonchev–Trinajstić information content (AvgIpc) is 2.79. The van der Waals surface area contributed by atoms with Crippen molar-refractivity contribution in [2.24, 2.45) is 5.92 Å². The summed E-state index contributed by atoms with van der Waals surface area (Å²) in [4.78, 5) is 25.6. The van der Waals surface area contributed by atoms with Crippen molar-refractivity contribution in [3.63, 3.8) is 0 Å². The van der Waals surface area contributed by atoms with Crippen LogP contribution >= 0.6 is 11.6 Å². The zero-order chi connectivity index (χ0) is 13.8. The van der Waals surface area contributed by atoms with Crippen molar-refractivity contribution in [3.8, 4) is 0 Å². The Labute approximate surface area is 117 Å². The number of carbonyl (C=O) groups is 2. The van der Waals surface area contributed by atoms with Crippen molar-refractivity contribution in [2.75, 3.05) is 18.0 Å². The van der Waals surface area contributed by atoms with E-state index in [1.807, 2.05) is 0 Å². The summed E-state index contributed by atoms with van der Waals surface area (Å²) in [6, 6.07) is 7.03. The van der Waals surface area contributed by atoms with Crippen LogP contribution in [-0.4, -0.2) is 24.9 Å². The minimum Gasteiger partial charge on any atom is -0.352 e. The zero-order valence-electron chi connectivity index (χ0n) is 10.4. The van der Waals surface area contributed by atoms with E-state index in [2.05, 4.69) is 11.9 Å². The van der Waals surface area contributed by atoms with E-state index in [1.165, 1.54) is 0 Å². The number of nitrogens with one attached hydrogen (secondary N) is 1. The molecule has 0 bridgehead atoms. The Morgan fingerprint density at radius 1 is 1.47 bits per heavy atom. The van der Waals surface area contributed by atoms with Crippen molar-refractivity contribution in [1.29, 1.82) is 0 Å². The molecule has 5 heteroatoms. The van der Waals surface area contributed by atoms with E-state index in [0.29, 0.717) is 24.5 Å². The SMILES string of the molecule is C=CCNC(=O)[C@H]1CCN(c2ccc(Cl)cc2)C1=O. The van der Waals surface area contributed by atoms with Crippen LogP contribution < -0.4 is 10.2 Å². The molecule has 1 heterocycles. The Bertz CT molecular complexity index is 499. The molecule has 1 aliphatic rings. The van der Waals surface area contributed by atoms with Crippen molar-refractivity contribution >= 4 is 29.1 Å². The molecule has 1 saturated heterocycles. The average molecular weight is 279 g/mol. The van der Waals surface area contributed by atoms with Crippen molar-refractivity contribution in [3.05, 3.63) is 41.9 Å². The fraction of sp³-hybridized carbons (Fsp3) is 0.286. The van der Waals surface area contributed by atoms with E-state index in [0.717, 1.165) is 5.69 Å². The van der Waals surface area contributed by atoms with Gasteiger partial charge in [-0.05, 0) is 30.7 Å². The summed E-state index contributed by atoms with van der Waals surface area (Å²) in [5.41, 5.74) is 0.772. The summed E-state index contributed by atoms with van der Waals surface area (Å²) in [7, 11) is 0. The first-order valence-electron chi connectivity index (χ1n) is 6.09. The van der Waals surface area contributed by atoms with Crippen molar-refractivity contribution < 1.29 is 9.59 Å². The standard InChI is InChI=1S/C14H15ClN2O2/c1-2-8-16-13(18)12-7-9-17(14(12)19)11-5-3-10(15)4-6-11/h2-6,12H,1,7-9H2,(H,16,18)/t12-/m1/s1. The van der Waals surface area contributed by atoms with E-state index in [1.54, 1.807) is 35.2 Å². The number of amides is 2. The first kappa shape index (κ1) is 13.6. The van der Waals surface area contributed by atoms with E-state index in [-0.39, 0.29) is 11.8 Å². The Hall–Kier alpha value is -1.81. The lowest BCUT2D eigenvalue weighted by molar-refractivity contribution is -0.131. The maximum Gasteiger partial charge on any atom is 0.239 e. The van der Waals surface area contributed by atoms with Crippen LogP contribution in [0.4, 0.5) is 5.69 Å². The molecule has 1 fully saturated rings. The van der Waals surface area contributed by atoms with Crippen LogP contribution in [0.3, 0.4) is 0 Å². The molecule has 4 nitrogen and oxygen atoms in total. The van der Waals surface area contributed by atoms with Crippen molar-refractivity contribution in [2.45, 2.75) is 6.42 Å². The summed E-state index contributed by atoms with van der Waals surface area (Å²) < 4.78 is 0. The van der Waals surface area contributed by atoms with Gasteiger partial charge in [0.25, 0.3) is 0 Å². The van der Waals surface area contributed by atoms with Gasteiger partial charge in [0.2, 0.25) is 11.8 Å².